The average Bonchev–Trinajstić information content (AvgIpc) is 2.72. The number of unbranched alkanes of at least 4 members (excludes halogenated alkanes) is 2. The maximum absolute atomic E-state index is 12.6. The van der Waals surface area contributed by atoms with Gasteiger partial charge >= 0.3 is 0 Å². The maximum atomic E-state index is 12.6. The number of rotatable bonds is 8. The SMILES string of the molecule is CCCCCN1C(=O)C(C)Oc2ccc(NC(=O)COc3cccc(C)c3C)cc21. The number of carbonyl (C=O) groups is 2. The van der Waals surface area contributed by atoms with Crippen molar-refractivity contribution >= 4 is 23.2 Å². The van der Waals surface area contributed by atoms with E-state index in [1.165, 1.54) is 0 Å². The first-order valence-electron chi connectivity index (χ1n) is 10.5. The van der Waals surface area contributed by atoms with Gasteiger partial charge in [0, 0.05) is 12.2 Å². The molecule has 1 heterocycles. The normalized spacial score (nSPS) is 15.4. The minimum atomic E-state index is -0.509. The molecular weight excluding hydrogens is 380 g/mol. The summed E-state index contributed by atoms with van der Waals surface area (Å²) in [6.45, 7) is 8.42. The van der Waals surface area contributed by atoms with Crippen molar-refractivity contribution in [3.05, 3.63) is 47.5 Å². The number of anilines is 2. The van der Waals surface area contributed by atoms with Crippen LogP contribution >= 0.6 is 0 Å². The van der Waals surface area contributed by atoms with Crippen LogP contribution in [0.25, 0.3) is 0 Å². The fourth-order valence-electron chi connectivity index (χ4n) is 3.46. The van der Waals surface area contributed by atoms with Crippen LogP contribution in [0.3, 0.4) is 0 Å². The van der Waals surface area contributed by atoms with Crippen LogP contribution in [0.2, 0.25) is 0 Å². The lowest BCUT2D eigenvalue weighted by atomic mass is 10.1. The van der Waals surface area contributed by atoms with Gasteiger partial charge in [-0.2, -0.15) is 0 Å². The van der Waals surface area contributed by atoms with Gasteiger partial charge in [-0.25, -0.2) is 0 Å². The van der Waals surface area contributed by atoms with E-state index in [4.69, 9.17) is 9.47 Å². The molecular formula is C24H30N2O4. The lowest BCUT2D eigenvalue weighted by Gasteiger charge is -2.33. The Balaban J connectivity index is 1.69. The largest absolute Gasteiger partial charge is 0.483 e. The molecule has 0 aliphatic carbocycles. The van der Waals surface area contributed by atoms with E-state index in [0.717, 1.165) is 30.4 Å². The van der Waals surface area contributed by atoms with Crippen molar-refractivity contribution in [2.24, 2.45) is 0 Å². The molecule has 0 saturated carbocycles. The molecule has 0 spiro atoms. The number of fused-ring (bicyclic) bond motifs is 1. The van der Waals surface area contributed by atoms with Crippen LogP contribution in [0, 0.1) is 13.8 Å². The van der Waals surface area contributed by atoms with Crippen LogP contribution < -0.4 is 19.7 Å². The predicted molar refractivity (Wildman–Crippen MR) is 118 cm³/mol. The molecule has 2 aromatic rings. The van der Waals surface area contributed by atoms with E-state index in [1.807, 2.05) is 32.0 Å². The zero-order valence-electron chi connectivity index (χ0n) is 18.2. The monoisotopic (exact) mass is 410 g/mol. The lowest BCUT2D eigenvalue weighted by Crippen LogP contribution is -2.44. The Morgan fingerprint density at radius 2 is 2.00 bits per heavy atom. The number of hydrogen-bond acceptors (Lipinski definition) is 4. The van der Waals surface area contributed by atoms with Gasteiger partial charge < -0.3 is 19.7 Å². The van der Waals surface area contributed by atoms with E-state index in [9.17, 15) is 9.59 Å². The van der Waals surface area contributed by atoms with Crippen molar-refractivity contribution in [3.63, 3.8) is 0 Å². The summed E-state index contributed by atoms with van der Waals surface area (Å²) in [6.07, 6.45) is 2.55. The lowest BCUT2D eigenvalue weighted by molar-refractivity contribution is -0.125. The molecule has 1 aliphatic rings. The first-order chi connectivity index (χ1) is 14.4. The van der Waals surface area contributed by atoms with Crippen molar-refractivity contribution in [2.45, 2.75) is 53.1 Å². The highest BCUT2D eigenvalue weighted by Gasteiger charge is 2.31. The Morgan fingerprint density at radius 1 is 1.20 bits per heavy atom. The number of hydrogen-bond donors (Lipinski definition) is 1. The summed E-state index contributed by atoms with van der Waals surface area (Å²) in [6, 6.07) is 11.1. The van der Waals surface area contributed by atoms with Gasteiger partial charge in [0.15, 0.2) is 12.7 Å². The Kier molecular flexibility index (Phi) is 6.98. The van der Waals surface area contributed by atoms with Gasteiger partial charge in [0.05, 0.1) is 5.69 Å². The van der Waals surface area contributed by atoms with Gasteiger partial charge in [0.2, 0.25) is 0 Å². The third-order valence-corrected chi connectivity index (χ3v) is 5.35. The second-order valence-corrected chi connectivity index (χ2v) is 7.67. The molecule has 6 heteroatoms. The molecule has 3 rings (SSSR count). The first kappa shape index (κ1) is 21.7. The Hall–Kier alpha value is -3.02. The van der Waals surface area contributed by atoms with Gasteiger partial charge in [-0.1, -0.05) is 31.9 Å². The van der Waals surface area contributed by atoms with Crippen LogP contribution in [0.4, 0.5) is 11.4 Å². The van der Waals surface area contributed by atoms with E-state index >= 15 is 0 Å². The number of benzene rings is 2. The van der Waals surface area contributed by atoms with E-state index < -0.39 is 6.10 Å². The minimum Gasteiger partial charge on any atom is -0.483 e. The third kappa shape index (κ3) is 4.93. The minimum absolute atomic E-state index is 0.0552. The molecule has 2 aromatic carbocycles. The Morgan fingerprint density at radius 3 is 2.77 bits per heavy atom. The van der Waals surface area contributed by atoms with Gasteiger partial charge in [-0.05, 0) is 62.6 Å². The van der Waals surface area contributed by atoms with Crippen molar-refractivity contribution < 1.29 is 19.1 Å². The molecule has 0 radical (unpaired) electrons. The van der Waals surface area contributed by atoms with Crippen LogP contribution in [0.1, 0.15) is 44.2 Å². The van der Waals surface area contributed by atoms with E-state index in [-0.39, 0.29) is 18.4 Å². The summed E-state index contributed by atoms with van der Waals surface area (Å²) in [5.41, 5.74) is 3.44. The standard InChI is InChI=1S/C24H30N2O4/c1-5-6-7-13-26-20-14-19(11-12-22(20)30-18(4)24(26)28)25-23(27)15-29-21-10-8-9-16(2)17(21)3/h8-12,14,18H,5-7,13,15H2,1-4H3,(H,25,27). The summed E-state index contributed by atoms with van der Waals surface area (Å²) in [5, 5.41) is 2.85. The van der Waals surface area contributed by atoms with Gasteiger partial charge in [0.25, 0.3) is 11.8 Å². The number of aryl methyl sites for hydroxylation is 1. The van der Waals surface area contributed by atoms with Crippen molar-refractivity contribution in [1.29, 1.82) is 0 Å². The molecule has 0 aromatic heterocycles. The Bertz CT molecular complexity index is 925. The molecule has 0 fully saturated rings. The van der Waals surface area contributed by atoms with Crippen LogP contribution in [-0.4, -0.2) is 31.1 Å². The highest BCUT2D eigenvalue weighted by molar-refractivity contribution is 6.01. The molecule has 0 bridgehead atoms. The molecule has 30 heavy (non-hydrogen) atoms. The quantitative estimate of drug-likeness (QED) is 0.645. The van der Waals surface area contributed by atoms with Gasteiger partial charge in [-0.3, -0.25) is 9.59 Å². The smallest absolute Gasteiger partial charge is 0.267 e. The van der Waals surface area contributed by atoms with Crippen molar-refractivity contribution in [1.82, 2.24) is 0 Å². The van der Waals surface area contributed by atoms with Crippen LogP contribution in [0.15, 0.2) is 36.4 Å². The summed E-state index contributed by atoms with van der Waals surface area (Å²) < 4.78 is 11.4. The number of amides is 2. The molecule has 6 nitrogen and oxygen atoms in total. The topological polar surface area (TPSA) is 67.9 Å². The first-order valence-corrected chi connectivity index (χ1v) is 10.5. The number of nitrogens with zero attached hydrogens (tertiary/aromatic N) is 1. The van der Waals surface area contributed by atoms with E-state index in [2.05, 4.69) is 12.2 Å². The zero-order valence-corrected chi connectivity index (χ0v) is 18.2. The predicted octanol–water partition coefficient (Wildman–Crippen LogP) is 4.63. The molecule has 1 N–H and O–H groups in total. The second-order valence-electron chi connectivity index (χ2n) is 7.67. The maximum Gasteiger partial charge on any atom is 0.267 e. The summed E-state index contributed by atoms with van der Waals surface area (Å²) in [5.74, 6) is 1.04. The number of carbonyl (C=O) groups excluding carboxylic acids is 2. The second kappa shape index (κ2) is 9.65. The fourth-order valence-corrected chi connectivity index (χ4v) is 3.46. The van der Waals surface area contributed by atoms with E-state index in [1.54, 1.807) is 30.0 Å². The van der Waals surface area contributed by atoms with Gasteiger partial charge in [-0.15, -0.1) is 0 Å². The molecule has 2 amide bonds. The summed E-state index contributed by atoms with van der Waals surface area (Å²) in [4.78, 5) is 26.8. The fraction of sp³-hybridized carbons (Fsp3) is 0.417. The van der Waals surface area contributed by atoms with Crippen LogP contribution in [-0.2, 0) is 9.59 Å². The molecule has 1 unspecified atom stereocenters. The molecule has 1 aliphatic heterocycles. The zero-order chi connectivity index (χ0) is 21.7. The van der Waals surface area contributed by atoms with Crippen molar-refractivity contribution in [2.75, 3.05) is 23.4 Å². The van der Waals surface area contributed by atoms with Crippen LogP contribution in [0.5, 0.6) is 11.5 Å². The molecule has 0 saturated heterocycles. The number of nitrogens with one attached hydrogen (secondary N) is 1. The highest BCUT2D eigenvalue weighted by Crippen LogP contribution is 2.36. The molecule has 1 atom stereocenters. The van der Waals surface area contributed by atoms with Gasteiger partial charge in [0.1, 0.15) is 11.5 Å². The number of ether oxygens (including phenoxy) is 2. The molecule has 160 valence electrons. The summed E-state index contributed by atoms with van der Waals surface area (Å²) >= 11 is 0. The summed E-state index contributed by atoms with van der Waals surface area (Å²) in [7, 11) is 0. The van der Waals surface area contributed by atoms with E-state index in [0.29, 0.717) is 29.4 Å². The average molecular weight is 411 g/mol. The van der Waals surface area contributed by atoms with Crippen molar-refractivity contribution in [3.8, 4) is 11.5 Å². The highest BCUT2D eigenvalue weighted by atomic mass is 16.5. The Labute approximate surface area is 178 Å². The third-order valence-electron chi connectivity index (χ3n) is 5.35.